The number of methoxy groups -OCH3 is 2. The first kappa shape index (κ1) is 22.2. The van der Waals surface area contributed by atoms with Gasteiger partial charge in [0.15, 0.2) is 0 Å². The SMILES string of the molecule is COc1ccc(CN(CCCN2CCCCCC2=O)Cc2ccc(OC)cc2)cc1. The van der Waals surface area contributed by atoms with Crippen molar-refractivity contribution in [1.29, 1.82) is 0 Å². The van der Waals surface area contributed by atoms with Crippen LogP contribution in [0.5, 0.6) is 11.5 Å². The summed E-state index contributed by atoms with van der Waals surface area (Å²) >= 11 is 0. The number of rotatable bonds is 10. The van der Waals surface area contributed by atoms with Crippen LogP contribution in [-0.2, 0) is 17.9 Å². The van der Waals surface area contributed by atoms with Crippen molar-refractivity contribution in [2.24, 2.45) is 0 Å². The van der Waals surface area contributed by atoms with Gasteiger partial charge in [0, 0.05) is 39.1 Å². The van der Waals surface area contributed by atoms with E-state index in [0.717, 1.165) is 63.5 Å². The minimum Gasteiger partial charge on any atom is -0.497 e. The average Bonchev–Trinajstić information content (AvgIpc) is 2.99. The highest BCUT2D eigenvalue weighted by Crippen LogP contribution is 2.18. The molecule has 3 rings (SSSR count). The first-order valence-corrected chi connectivity index (χ1v) is 10.9. The smallest absolute Gasteiger partial charge is 0.222 e. The number of nitrogens with zero attached hydrogens (tertiary/aromatic N) is 2. The Balaban J connectivity index is 1.61. The van der Waals surface area contributed by atoms with Gasteiger partial charge < -0.3 is 14.4 Å². The number of likely N-dealkylation sites (tertiary alicyclic amines) is 1. The van der Waals surface area contributed by atoms with Crippen LogP contribution in [0.3, 0.4) is 0 Å². The predicted molar refractivity (Wildman–Crippen MR) is 120 cm³/mol. The van der Waals surface area contributed by atoms with Gasteiger partial charge in [-0.1, -0.05) is 30.7 Å². The second-order valence-corrected chi connectivity index (χ2v) is 7.95. The Morgan fingerprint density at radius 1 is 0.833 bits per heavy atom. The predicted octanol–water partition coefficient (Wildman–Crippen LogP) is 4.50. The van der Waals surface area contributed by atoms with E-state index in [2.05, 4.69) is 34.1 Å². The van der Waals surface area contributed by atoms with E-state index in [4.69, 9.17) is 9.47 Å². The third-order valence-corrected chi connectivity index (χ3v) is 5.70. The van der Waals surface area contributed by atoms with E-state index in [9.17, 15) is 4.79 Å². The zero-order chi connectivity index (χ0) is 21.2. The first-order chi connectivity index (χ1) is 14.7. The zero-order valence-electron chi connectivity index (χ0n) is 18.3. The maximum Gasteiger partial charge on any atom is 0.222 e. The quantitative estimate of drug-likeness (QED) is 0.578. The monoisotopic (exact) mass is 410 g/mol. The van der Waals surface area contributed by atoms with Crippen molar-refractivity contribution in [2.45, 2.75) is 45.2 Å². The second-order valence-electron chi connectivity index (χ2n) is 7.95. The molecule has 5 heteroatoms. The summed E-state index contributed by atoms with van der Waals surface area (Å²) in [4.78, 5) is 16.8. The van der Waals surface area contributed by atoms with Crippen molar-refractivity contribution in [3.05, 3.63) is 59.7 Å². The first-order valence-electron chi connectivity index (χ1n) is 10.9. The van der Waals surface area contributed by atoms with Crippen molar-refractivity contribution in [3.8, 4) is 11.5 Å². The fourth-order valence-corrected chi connectivity index (χ4v) is 3.95. The Bertz CT molecular complexity index is 724. The Morgan fingerprint density at radius 3 is 1.93 bits per heavy atom. The normalized spacial score (nSPS) is 14.6. The molecule has 1 aliphatic rings. The maximum absolute atomic E-state index is 12.3. The zero-order valence-corrected chi connectivity index (χ0v) is 18.3. The molecule has 0 unspecified atom stereocenters. The van der Waals surface area contributed by atoms with E-state index in [-0.39, 0.29) is 0 Å². The van der Waals surface area contributed by atoms with E-state index in [1.165, 1.54) is 17.5 Å². The van der Waals surface area contributed by atoms with Gasteiger partial charge in [0.25, 0.3) is 0 Å². The molecule has 0 saturated carbocycles. The van der Waals surface area contributed by atoms with E-state index < -0.39 is 0 Å². The van der Waals surface area contributed by atoms with Crippen LogP contribution in [0.1, 0.15) is 43.2 Å². The lowest BCUT2D eigenvalue weighted by molar-refractivity contribution is -0.130. The number of benzene rings is 2. The van der Waals surface area contributed by atoms with Crippen LogP contribution >= 0.6 is 0 Å². The van der Waals surface area contributed by atoms with E-state index in [1.54, 1.807) is 14.2 Å². The number of ether oxygens (including phenoxy) is 2. The standard InChI is InChI=1S/C25H34N2O3/c1-29-23-12-8-21(9-13-23)19-26(20-22-10-14-24(30-2)15-11-22)16-6-18-27-17-5-3-4-7-25(27)28/h8-15H,3-7,16-20H2,1-2H3. The number of carbonyl (C=O) groups is 1. The molecule has 1 saturated heterocycles. The van der Waals surface area contributed by atoms with Gasteiger partial charge in [0.2, 0.25) is 5.91 Å². The minimum absolute atomic E-state index is 0.323. The molecular formula is C25H34N2O3. The minimum atomic E-state index is 0.323. The molecule has 0 spiro atoms. The molecule has 1 fully saturated rings. The molecule has 0 atom stereocenters. The number of hydrogen-bond acceptors (Lipinski definition) is 4. The molecule has 0 bridgehead atoms. The van der Waals surface area contributed by atoms with Gasteiger partial charge in [-0.25, -0.2) is 0 Å². The topological polar surface area (TPSA) is 42.0 Å². The molecular weight excluding hydrogens is 376 g/mol. The van der Waals surface area contributed by atoms with Gasteiger partial charge in [-0.3, -0.25) is 9.69 Å². The summed E-state index contributed by atoms with van der Waals surface area (Å²) < 4.78 is 10.6. The maximum atomic E-state index is 12.3. The third kappa shape index (κ3) is 6.77. The number of carbonyl (C=O) groups excluding carboxylic acids is 1. The van der Waals surface area contributed by atoms with Crippen LogP contribution < -0.4 is 9.47 Å². The Kier molecular flexibility index (Phi) is 8.57. The van der Waals surface area contributed by atoms with Crippen molar-refractivity contribution in [1.82, 2.24) is 9.80 Å². The average molecular weight is 411 g/mol. The molecule has 5 nitrogen and oxygen atoms in total. The summed E-state index contributed by atoms with van der Waals surface area (Å²) in [6.07, 6.45) is 5.03. The lowest BCUT2D eigenvalue weighted by Crippen LogP contribution is -2.33. The Labute approximate surface area is 180 Å². The lowest BCUT2D eigenvalue weighted by Gasteiger charge is -2.25. The Hall–Kier alpha value is -2.53. The molecule has 0 aliphatic carbocycles. The fourth-order valence-electron chi connectivity index (χ4n) is 3.95. The van der Waals surface area contributed by atoms with Crippen molar-refractivity contribution in [3.63, 3.8) is 0 Å². The van der Waals surface area contributed by atoms with Crippen LogP contribution in [0.25, 0.3) is 0 Å². The highest BCUT2D eigenvalue weighted by Gasteiger charge is 2.16. The van der Waals surface area contributed by atoms with Crippen LogP contribution in [0.4, 0.5) is 0 Å². The summed E-state index contributed by atoms with van der Waals surface area (Å²) in [5.41, 5.74) is 2.52. The molecule has 1 amide bonds. The highest BCUT2D eigenvalue weighted by atomic mass is 16.5. The van der Waals surface area contributed by atoms with Crippen LogP contribution in [0.15, 0.2) is 48.5 Å². The van der Waals surface area contributed by atoms with Gasteiger partial charge >= 0.3 is 0 Å². The van der Waals surface area contributed by atoms with Crippen LogP contribution in [0.2, 0.25) is 0 Å². The summed E-state index contributed by atoms with van der Waals surface area (Å²) in [5.74, 6) is 2.07. The molecule has 1 aliphatic heterocycles. The third-order valence-electron chi connectivity index (χ3n) is 5.70. The molecule has 0 aromatic heterocycles. The van der Waals surface area contributed by atoms with Crippen molar-refractivity contribution >= 4 is 5.91 Å². The van der Waals surface area contributed by atoms with Crippen molar-refractivity contribution < 1.29 is 14.3 Å². The summed E-state index contributed by atoms with van der Waals surface area (Å²) in [7, 11) is 3.38. The van der Waals surface area contributed by atoms with Gasteiger partial charge in [-0.2, -0.15) is 0 Å². The van der Waals surface area contributed by atoms with E-state index in [0.29, 0.717) is 12.3 Å². The van der Waals surface area contributed by atoms with Gasteiger partial charge in [-0.05, 0) is 54.7 Å². The van der Waals surface area contributed by atoms with E-state index >= 15 is 0 Å². The van der Waals surface area contributed by atoms with Crippen LogP contribution in [0, 0.1) is 0 Å². The summed E-state index contributed by atoms with van der Waals surface area (Å²) in [6, 6.07) is 16.5. The van der Waals surface area contributed by atoms with Crippen molar-refractivity contribution in [2.75, 3.05) is 33.9 Å². The summed E-state index contributed by atoms with van der Waals surface area (Å²) in [5, 5.41) is 0. The molecule has 0 radical (unpaired) electrons. The lowest BCUT2D eigenvalue weighted by atomic mass is 10.1. The molecule has 2 aromatic rings. The van der Waals surface area contributed by atoms with Gasteiger partial charge in [0.1, 0.15) is 11.5 Å². The molecule has 0 N–H and O–H groups in total. The molecule has 30 heavy (non-hydrogen) atoms. The second kappa shape index (κ2) is 11.6. The number of hydrogen-bond donors (Lipinski definition) is 0. The highest BCUT2D eigenvalue weighted by molar-refractivity contribution is 5.76. The molecule has 162 valence electrons. The van der Waals surface area contributed by atoms with E-state index in [1.807, 2.05) is 24.3 Å². The van der Waals surface area contributed by atoms with Crippen LogP contribution in [-0.4, -0.2) is 49.6 Å². The summed E-state index contributed by atoms with van der Waals surface area (Å²) in [6.45, 7) is 4.44. The molecule has 2 aromatic carbocycles. The fraction of sp³-hybridized carbons (Fsp3) is 0.480. The van der Waals surface area contributed by atoms with Gasteiger partial charge in [0.05, 0.1) is 14.2 Å². The molecule has 1 heterocycles. The number of amides is 1. The largest absolute Gasteiger partial charge is 0.497 e. The Morgan fingerprint density at radius 2 is 1.40 bits per heavy atom. The van der Waals surface area contributed by atoms with Gasteiger partial charge in [-0.15, -0.1) is 0 Å².